The highest BCUT2D eigenvalue weighted by molar-refractivity contribution is 7.18. The number of benzene rings is 2. The van der Waals surface area contributed by atoms with Gasteiger partial charge < -0.3 is 14.2 Å². The fourth-order valence-corrected chi connectivity index (χ4v) is 3.79. The largest absolute Gasteiger partial charge is 0.493 e. The van der Waals surface area contributed by atoms with Gasteiger partial charge in [-0.05, 0) is 29.8 Å². The first-order valence-corrected chi connectivity index (χ1v) is 9.88. The quantitative estimate of drug-likeness (QED) is 0.609. The van der Waals surface area contributed by atoms with Crippen LogP contribution in [0.2, 0.25) is 5.02 Å². The van der Waals surface area contributed by atoms with Crippen molar-refractivity contribution >= 4 is 40.1 Å². The molecule has 4 rings (SSSR count). The number of methoxy groups -OCH3 is 1. The Hall–Kier alpha value is -3.10. The van der Waals surface area contributed by atoms with E-state index in [4.69, 9.17) is 25.8 Å². The van der Waals surface area contributed by atoms with Gasteiger partial charge in [-0.15, -0.1) is 10.2 Å². The van der Waals surface area contributed by atoms with Crippen molar-refractivity contribution < 1.29 is 19.0 Å². The van der Waals surface area contributed by atoms with Crippen LogP contribution in [-0.2, 0) is 4.79 Å². The third kappa shape index (κ3) is 4.33. The standard InChI is InChI=1S/C20H16ClN3O4S/c1-26-15-10-12(11-16-18(15)28-9-8-27-16)6-7-17(25)22-20-24-23-19(29-20)13-4-2-3-5-14(13)21/h2-7,10-11H,8-9H2,1H3,(H,22,24,25). The van der Waals surface area contributed by atoms with Crippen LogP contribution in [0, 0.1) is 0 Å². The first-order chi connectivity index (χ1) is 14.1. The molecule has 0 saturated carbocycles. The molecule has 0 atom stereocenters. The molecule has 0 bridgehead atoms. The van der Waals surface area contributed by atoms with E-state index in [0.717, 1.165) is 11.1 Å². The minimum Gasteiger partial charge on any atom is -0.493 e. The number of carbonyl (C=O) groups excluding carboxylic acids is 1. The molecular weight excluding hydrogens is 414 g/mol. The third-order valence-corrected chi connectivity index (χ3v) is 5.24. The van der Waals surface area contributed by atoms with Crippen molar-refractivity contribution in [2.45, 2.75) is 0 Å². The molecule has 0 saturated heterocycles. The van der Waals surface area contributed by atoms with Crippen LogP contribution in [0.3, 0.4) is 0 Å². The fraction of sp³-hybridized carbons (Fsp3) is 0.150. The number of hydrogen-bond donors (Lipinski definition) is 1. The van der Waals surface area contributed by atoms with E-state index in [2.05, 4.69) is 15.5 Å². The Balaban J connectivity index is 1.46. The number of amides is 1. The van der Waals surface area contributed by atoms with Gasteiger partial charge >= 0.3 is 0 Å². The first-order valence-electron chi connectivity index (χ1n) is 8.69. The average Bonchev–Trinajstić information content (AvgIpc) is 3.20. The second-order valence-electron chi connectivity index (χ2n) is 5.96. The zero-order chi connectivity index (χ0) is 20.2. The lowest BCUT2D eigenvalue weighted by molar-refractivity contribution is -0.111. The van der Waals surface area contributed by atoms with Gasteiger partial charge in [0.2, 0.25) is 16.8 Å². The molecular formula is C20H16ClN3O4S. The predicted molar refractivity (Wildman–Crippen MR) is 112 cm³/mol. The number of nitrogens with zero attached hydrogens (tertiary/aromatic N) is 2. The minimum atomic E-state index is -0.333. The number of carbonyl (C=O) groups is 1. The van der Waals surface area contributed by atoms with Crippen LogP contribution in [0.4, 0.5) is 5.13 Å². The van der Waals surface area contributed by atoms with Crippen LogP contribution in [0.1, 0.15) is 5.56 Å². The molecule has 0 unspecified atom stereocenters. The maximum absolute atomic E-state index is 12.3. The second kappa shape index (κ2) is 8.50. The maximum atomic E-state index is 12.3. The van der Waals surface area contributed by atoms with Crippen LogP contribution >= 0.6 is 22.9 Å². The molecule has 9 heteroatoms. The minimum absolute atomic E-state index is 0.333. The maximum Gasteiger partial charge on any atom is 0.250 e. The molecule has 0 spiro atoms. The van der Waals surface area contributed by atoms with Crippen LogP contribution in [0.5, 0.6) is 17.2 Å². The number of nitrogens with one attached hydrogen (secondary N) is 1. The molecule has 7 nitrogen and oxygen atoms in total. The highest BCUT2D eigenvalue weighted by Crippen LogP contribution is 2.40. The van der Waals surface area contributed by atoms with Gasteiger partial charge in [-0.3, -0.25) is 10.1 Å². The molecule has 1 aliphatic rings. The molecule has 2 heterocycles. The zero-order valence-electron chi connectivity index (χ0n) is 15.3. The number of rotatable bonds is 5. The average molecular weight is 430 g/mol. The fourth-order valence-electron chi connectivity index (χ4n) is 2.73. The number of ether oxygens (including phenoxy) is 3. The Kier molecular flexibility index (Phi) is 5.64. The SMILES string of the molecule is COc1cc(C=CC(=O)Nc2nnc(-c3ccccc3Cl)s2)cc2c1OCCO2. The van der Waals surface area contributed by atoms with Gasteiger partial charge in [-0.1, -0.05) is 41.1 Å². The van der Waals surface area contributed by atoms with E-state index in [1.807, 2.05) is 18.2 Å². The molecule has 0 fully saturated rings. The van der Waals surface area contributed by atoms with E-state index < -0.39 is 0 Å². The Morgan fingerprint density at radius 1 is 1.24 bits per heavy atom. The molecule has 1 N–H and O–H groups in total. The molecule has 1 aromatic heterocycles. The summed E-state index contributed by atoms with van der Waals surface area (Å²) in [5.74, 6) is 1.38. The summed E-state index contributed by atoms with van der Waals surface area (Å²) < 4.78 is 16.5. The molecule has 29 heavy (non-hydrogen) atoms. The van der Waals surface area contributed by atoms with Gasteiger partial charge in [0, 0.05) is 11.6 Å². The Morgan fingerprint density at radius 2 is 2.07 bits per heavy atom. The third-order valence-electron chi connectivity index (χ3n) is 4.04. The molecule has 1 amide bonds. The van der Waals surface area contributed by atoms with Gasteiger partial charge in [0.05, 0.1) is 12.1 Å². The number of hydrogen-bond acceptors (Lipinski definition) is 7. The summed E-state index contributed by atoms with van der Waals surface area (Å²) in [6.45, 7) is 0.938. The smallest absolute Gasteiger partial charge is 0.250 e. The topological polar surface area (TPSA) is 82.6 Å². The van der Waals surface area contributed by atoms with Crippen molar-refractivity contribution in [2.24, 2.45) is 0 Å². The number of halogens is 1. The molecule has 0 aliphatic carbocycles. The Labute approximate surface area is 175 Å². The van der Waals surface area contributed by atoms with Crippen molar-refractivity contribution in [3.05, 3.63) is 53.1 Å². The van der Waals surface area contributed by atoms with Crippen molar-refractivity contribution in [3.8, 4) is 27.8 Å². The van der Waals surface area contributed by atoms with E-state index in [-0.39, 0.29) is 5.91 Å². The molecule has 148 valence electrons. The van der Waals surface area contributed by atoms with Crippen LogP contribution in [0.15, 0.2) is 42.5 Å². The molecule has 2 aromatic carbocycles. The number of fused-ring (bicyclic) bond motifs is 1. The van der Waals surface area contributed by atoms with Gasteiger partial charge in [0.15, 0.2) is 16.5 Å². The van der Waals surface area contributed by atoms with Crippen molar-refractivity contribution in [1.29, 1.82) is 0 Å². The van der Waals surface area contributed by atoms with E-state index in [0.29, 0.717) is 45.6 Å². The Bertz CT molecular complexity index is 1070. The van der Waals surface area contributed by atoms with Gasteiger partial charge in [0.1, 0.15) is 13.2 Å². The van der Waals surface area contributed by atoms with Crippen molar-refractivity contribution in [1.82, 2.24) is 10.2 Å². The summed E-state index contributed by atoms with van der Waals surface area (Å²) >= 11 is 7.42. The highest BCUT2D eigenvalue weighted by Gasteiger charge is 2.18. The number of anilines is 1. The second-order valence-corrected chi connectivity index (χ2v) is 7.35. The summed E-state index contributed by atoms with van der Waals surface area (Å²) in [6.07, 6.45) is 3.06. The summed E-state index contributed by atoms with van der Waals surface area (Å²) in [5, 5.41) is 12.4. The van der Waals surface area contributed by atoms with Gasteiger partial charge in [0.25, 0.3) is 0 Å². The monoisotopic (exact) mass is 429 g/mol. The van der Waals surface area contributed by atoms with E-state index >= 15 is 0 Å². The van der Waals surface area contributed by atoms with Crippen molar-refractivity contribution in [3.63, 3.8) is 0 Å². The van der Waals surface area contributed by atoms with Crippen molar-refractivity contribution in [2.75, 3.05) is 25.6 Å². The van der Waals surface area contributed by atoms with Crippen LogP contribution < -0.4 is 19.5 Å². The van der Waals surface area contributed by atoms with Crippen LogP contribution in [0.25, 0.3) is 16.6 Å². The highest BCUT2D eigenvalue weighted by atomic mass is 35.5. The molecule has 3 aromatic rings. The van der Waals surface area contributed by atoms with E-state index in [9.17, 15) is 4.79 Å². The van der Waals surface area contributed by atoms with E-state index in [1.54, 1.807) is 31.4 Å². The van der Waals surface area contributed by atoms with Crippen LogP contribution in [-0.4, -0.2) is 36.4 Å². The lowest BCUT2D eigenvalue weighted by Gasteiger charge is -2.20. The summed E-state index contributed by atoms with van der Waals surface area (Å²) in [4.78, 5) is 12.3. The summed E-state index contributed by atoms with van der Waals surface area (Å²) in [7, 11) is 1.56. The molecule has 1 aliphatic heterocycles. The van der Waals surface area contributed by atoms with Gasteiger partial charge in [-0.2, -0.15) is 0 Å². The Morgan fingerprint density at radius 3 is 2.90 bits per heavy atom. The molecule has 0 radical (unpaired) electrons. The zero-order valence-corrected chi connectivity index (χ0v) is 16.9. The lowest BCUT2D eigenvalue weighted by atomic mass is 10.1. The predicted octanol–water partition coefficient (Wildman–Crippen LogP) is 4.29. The first kappa shape index (κ1) is 19.2. The summed E-state index contributed by atoms with van der Waals surface area (Å²) in [6, 6.07) is 10.9. The van der Waals surface area contributed by atoms with E-state index in [1.165, 1.54) is 17.4 Å². The van der Waals surface area contributed by atoms with Gasteiger partial charge in [-0.25, -0.2) is 0 Å². The summed E-state index contributed by atoms with van der Waals surface area (Å²) in [5.41, 5.74) is 1.52. The lowest BCUT2D eigenvalue weighted by Crippen LogP contribution is -2.16. The normalized spacial score (nSPS) is 12.8. The number of aromatic nitrogens is 2.